The van der Waals surface area contributed by atoms with Crippen molar-refractivity contribution in [2.45, 2.75) is 37.8 Å². The molecule has 0 radical (unpaired) electrons. The monoisotopic (exact) mass is 169 g/mol. The second-order valence-corrected chi connectivity index (χ2v) is 4.28. The van der Waals surface area contributed by atoms with Crippen LogP contribution in [0, 0.1) is 5.92 Å². The maximum absolute atomic E-state index is 5.42. The third-order valence-corrected chi connectivity index (χ3v) is 3.60. The fraction of sp³-hybridized carbons (Fsp3) is 1.00. The quantitative estimate of drug-likeness (QED) is 0.590. The Labute approximate surface area is 74.9 Å². The van der Waals surface area contributed by atoms with E-state index in [1.807, 2.05) is 7.11 Å². The Kier molecular flexibility index (Phi) is 2.37. The van der Waals surface area contributed by atoms with Gasteiger partial charge >= 0.3 is 0 Å². The van der Waals surface area contributed by atoms with E-state index in [0.717, 1.165) is 12.0 Å². The normalized spacial score (nSPS) is 43.0. The standard InChI is InChI=1S/C10H19NO/c1-11-5-3-4-8-6-9(12-2)7-10(8)11/h8-10H,3-7H2,1-2H3. The van der Waals surface area contributed by atoms with E-state index in [1.165, 1.54) is 32.2 Å². The summed E-state index contributed by atoms with van der Waals surface area (Å²) in [6.07, 6.45) is 5.91. The van der Waals surface area contributed by atoms with Gasteiger partial charge in [-0.1, -0.05) is 0 Å². The van der Waals surface area contributed by atoms with E-state index in [4.69, 9.17) is 4.74 Å². The summed E-state index contributed by atoms with van der Waals surface area (Å²) in [6.45, 7) is 1.29. The Morgan fingerprint density at radius 2 is 2.17 bits per heavy atom. The molecule has 2 rings (SSSR count). The van der Waals surface area contributed by atoms with E-state index in [9.17, 15) is 0 Å². The smallest absolute Gasteiger partial charge is 0.0589 e. The molecule has 0 spiro atoms. The number of methoxy groups -OCH3 is 1. The topological polar surface area (TPSA) is 12.5 Å². The third kappa shape index (κ3) is 1.38. The van der Waals surface area contributed by atoms with E-state index in [0.29, 0.717) is 6.10 Å². The molecular weight excluding hydrogens is 150 g/mol. The fourth-order valence-electron chi connectivity index (χ4n) is 2.86. The maximum atomic E-state index is 5.42. The molecule has 3 atom stereocenters. The van der Waals surface area contributed by atoms with Gasteiger partial charge in [-0.25, -0.2) is 0 Å². The number of hydrogen-bond acceptors (Lipinski definition) is 2. The lowest BCUT2D eigenvalue weighted by molar-refractivity contribution is 0.100. The Morgan fingerprint density at radius 3 is 2.83 bits per heavy atom. The second kappa shape index (κ2) is 3.35. The molecule has 2 aliphatic rings. The van der Waals surface area contributed by atoms with E-state index < -0.39 is 0 Å². The molecule has 2 nitrogen and oxygen atoms in total. The van der Waals surface area contributed by atoms with Crippen LogP contribution in [0.4, 0.5) is 0 Å². The molecule has 0 aromatic heterocycles. The summed E-state index contributed by atoms with van der Waals surface area (Å²) >= 11 is 0. The molecule has 0 aromatic rings. The minimum Gasteiger partial charge on any atom is -0.381 e. The van der Waals surface area contributed by atoms with Gasteiger partial charge in [-0.2, -0.15) is 0 Å². The molecule has 1 saturated carbocycles. The minimum absolute atomic E-state index is 0.542. The van der Waals surface area contributed by atoms with E-state index in [2.05, 4.69) is 11.9 Å². The summed E-state index contributed by atoms with van der Waals surface area (Å²) in [6, 6.07) is 0.823. The van der Waals surface area contributed by atoms with Gasteiger partial charge in [0.05, 0.1) is 6.10 Å². The van der Waals surface area contributed by atoms with Crippen molar-refractivity contribution in [3.63, 3.8) is 0 Å². The molecule has 1 aliphatic heterocycles. The van der Waals surface area contributed by atoms with Crippen LogP contribution in [0.1, 0.15) is 25.7 Å². The van der Waals surface area contributed by atoms with Gasteiger partial charge in [0.1, 0.15) is 0 Å². The number of hydrogen-bond donors (Lipinski definition) is 0. The molecule has 0 aromatic carbocycles. The Hall–Kier alpha value is -0.0800. The maximum Gasteiger partial charge on any atom is 0.0589 e. The van der Waals surface area contributed by atoms with Crippen molar-refractivity contribution >= 4 is 0 Å². The first-order chi connectivity index (χ1) is 5.81. The summed E-state index contributed by atoms with van der Waals surface area (Å²) in [7, 11) is 4.11. The summed E-state index contributed by atoms with van der Waals surface area (Å²) in [5.41, 5.74) is 0. The van der Waals surface area contributed by atoms with Crippen molar-refractivity contribution in [1.82, 2.24) is 4.90 Å². The SMILES string of the molecule is COC1CC2CCCN(C)C2C1. The molecule has 70 valence electrons. The Balaban J connectivity index is 1.99. The van der Waals surface area contributed by atoms with Gasteiger partial charge in [-0.05, 0) is 45.2 Å². The molecule has 0 N–H and O–H groups in total. The molecule has 1 saturated heterocycles. The molecule has 1 aliphatic carbocycles. The van der Waals surface area contributed by atoms with Gasteiger partial charge in [0.15, 0.2) is 0 Å². The Bertz CT molecular complexity index is 160. The van der Waals surface area contributed by atoms with Crippen molar-refractivity contribution in [1.29, 1.82) is 0 Å². The highest BCUT2D eigenvalue weighted by Crippen LogP contribution is 2.37. The largest absolute Gasteiger partial charge is 0.381 e. The lowest BCUT2D eigenvalue weighted by Gasteiger charge is -2.34. The second-order valence-electron chi connectivity index (χ2n) is 4.28. The van der Waals surface area contributed by atoms with Crippen molar-refractivity contribution in [2.24, 2.45) is 5.92 Å². The summed E-state index contributed by atoms with van der Waals surface area (Å²) in [4.78, 5) is 2.52. The zero-order valence-corrected chi connectivity index (χ0v) is 8.12. The molecular formula is C10H19NO. The van der Waals surface area contributed by atoms with Crippen molar-refractivity contribution in [2.75, 3.05) is 20.7 Å². The summed E-state index contributed by atoms with van der Waals surface area (Å²) < 4.78 is 5.42. The van der Waals surface area contributed by atoms with Gasteiger partial charge in [0.25, 0.3) is 0 Å². The first kappa shape index (κ1) is 8.52. The number of likely N-dealkylation sites (tertiary alicyclic amines) is 1. The van der Waals surface area contributed by atoms with Gasteiger partial charge in [0.2, 0.25) is 0 Å². The van der Waals surface area contributed by atoms with Crippen LogP contribution in [0.15, 0.2) is 0 Å². The van der Waals surface area contributed by atoms with Gasteiger partial charge in [0, 0.05) is 13.2 Å². The lowest BCUT2D eigenvalue weighted by Crippen LogP contribution is -2.39. The van der Waals surface area contributed by atoms with Crippen molar-refractivity contribution in [3.8, 4) is 0 Å². The molecule has 2 fully saturated rings. The highest BCUT2D eigenvalue weighted by Gasteiger charge is 2.38. The van der Waals surface area contributed by atoms with Gasteiger partial charge in [-0.15, -0.1) is 0 Å². The van der Waals surface area contributed by atoms with Crippen LogP contribution >= 0.6 is 0 Å². The molecule has 2 heteroatoms. The minimum atomic E-state index is 0.542. The molecule has 3 unspecified atom stereocenters. The molecule has 0 bridgehead atoms. The average molecular weight is 169 g/mol. The van der Waals surface area contributed by atoms with E-state index in [-0.39, 0.29) is 0 Å². The van der Waals surface area contributed by atoms with E-state index >= 15 is 0 Å². The number of nitrogens with zero attached hydrogens (tertiary/aromatic N) is 1. The first-order valence-corrected chi connectivity index (χ1v) is 5.04. The number of ether oxygens (including phenoxy) is 1. The third-order valence-electron chi connectivity index (χ3n) is 3.60. The van der Waals surface area contributed by atoms with Crippen LogP contribution in [0.3, 0.4) is 0 Å². The number of piperidine rings is 1. The van der Waals surface area contributed by atoms with Crippen LogP contribution in [-0.2, 0) is 4.74 Å². The predicted octanol–water partition coefficient (Wildman–Crippen LogP) is 1.51. The zero-order chi connectivity index (χ0) is 8.55. The zero-order valence-electron chi connectivity index (χ0n) is 8.12. The molecule has 0 amide bonds. The number of fused-ring (bicyclic) bond motifs is 1. The lowest BCUT2D eigenvalue weighted by atomic mass is 9.93. The predicted molar refractivity (Wildman–Crippen MR) is 49.2 cm³/mol. The molecule has 1 heterocycles. The van der Waals surface area contributed by atoms with Crippen LogP contribution < -0.4 is 0 Å². The van der Waals surface area contributed by atoms with Crippen LogP contribution in [0.2, 0.25) is 0 Å². The van der Waals surface area contributed by atoms with Crippen LogP contribution in [0.25, 0.3) is 0 Å². The average Bonchev–Trinajstić information content (AvgIpc) is 2.49. The Morgan fingerprint density at radius 1 is 1.33 bits per heavy atom. The summed E-state index contributed by atoms with van der Waals surface area (Å²) in [5, 5.41) is 0. The first-order valence-electron chi connectivity index (χ1n) is 5.04. The van der Waals surface area contributed by atoms with E-state index in [1.54, 1.807) is 0 Å². The summed E-state index contributed by atoms with van der Waals surface area (Å²) in [5.74, 6) is 0.925. The molecule has 12 heavy (non-hydrogen) atoms. The van der Waals surface area contributed by atoms with Gasteiger partial charge < -0.3 is 9.64 Å². The highest BCUT2D eigenvalue weighted by atomic mass is 16.5. The van der Waals surface area contributed by atoms with Crippen LogP contribution in [-0.4, -0.2) is 37.7 Å². The van der Waals surface area contributed by atoms with Crippen molar-refractivity contribution in [3.05, 3.63) is 0 Å². The highest BCUT2D eigenvalue weighted by molar-refractivity contribution is 4.92. The fourth-order valence-corrected chi connectivity index (χ4v) is 2.86. The van der Waals surface area contributed by atoms with Crippen molar-refractivity contribution < 1.29 is 4.74 Å². The van der Waals surface area contributed by atoms with Gasteiger partial charge in [-0.3, -0.25) is 0 Å². The van der Waals surface area contributed by atoms with Crippen LogP contribution in [0.5, 0.6) is 0 Å². The number of rotatable bonds is 1.